The minimum absolute atomic E-state index is 0.301. The first-order valence-electron chi connectivity index (χ1n) is 8.16. The molecule has 1 fully saturated rings. The third kappa shape index (κ3) is 3.61. The SMILES string of the molecule is CCCCCN(C(C)C)C(CN)c1cncn1C1CC1. The first-order chi connectivity index (χ1) is 9.69. The Kier molecular flexibility index (Phi) is 5.61. The van der Waals surface area contributed by atoms with Gasteiger partial charge in [-0.15, -0.1) is 0 Å². The van der Waals surface area contributed by atoms with E-state index >= 15 is 0 Å². The van der Waals surface area contributed by atoms with Crippen molar-refractivity contribution in [2.45, 2.75) is 71.0 Å². The summed E-state index contributed by atoms with van der Waals surface area (Å²) in [7, 11) is 0. The largest absolute Gasteiger partial charge is 0.330 e. The molecule has 114 valence electrons. The maximum atomic E-state index is 6.11. The van der Waals surface area contributed by atoms with Gasteiger partial charge < -0.3 is 10.3 Å². The fourth-order valence-electron chi connectivity index (χ4n) is 2.98. The summed E-state index contributed by atoms with van der Waals surface area (Å²) >= 11 is 0. The van der Waals surface area contributed by atoms with Gasteiger partial charge in [-0.25, -0.2) is 4.98 Å². The van der Waals surface area contributed by atoms with Gasteiger partial charge in [-0.05, 0) is 39.7 Å². The second-order valence-electron chi connectivity index (χ2n) is 6.25. The van der Waals surface area contributed by atoms with Gasteiger partial charge in [0.1, 0.15) is 0 Å². The third-order valence-corrected chi connectivity index (χ3v) is 4.28. The molecule has 4 heteroatoms. The van der Waals surface area contributed by atoms with E-state index in [0.29, 0.717) is 24.7 Å². The molecule has 1 heterocycles. The lowest BCUT2D eigenvalue weighted by Crippen LogP contribution is -2.40. The van der Waals surface area contributed by atoms with Crippen LogP contribution in [0.5, 0.6) is 0 Å². The van der Waals surface area contributed by atoms with Crippen molar-refractivity contribution in [1.82, 2.24) is 14.5 Å². The van der Waals surface area contributed by atoms with E-state index in [1.807, 2.05) is 12.5 Å². The van der Waals surface area contributed by atoms with E-state index in [4.69, 9.17) is 5.73 Å². The zero-order valence-electron chi connectivity index (χ0n) is 13.3. The maximum absolute atomic E-state index is 6.11. The van der Waals surface area contributed by atoms with Crippen molar-refractivity contribution in [1.29, 1.82) is 0 Å². The minimum Gasteiger partial charge on any atom is -0.330 e. The fraction of sp³-hybridized carbons (Fsp3) is 0.812. The van der Waals surface area contributed by atoms with Crippen LogP contribution in [0, 0.1) is 0 Å². The summed E-state index contributed by atoms with van der Waals surface area (Å²) in [6, 6.07) is 1.49. The van der Waals surface area contributed by atoms with E-state index in [1.165, 1.54) is 37.8 Å². The van der Waals surface area contributed by atoms with Gasteiger partial charge in [0.25, 0.3) is 0 Å². The van der Waals surface area contributed by atoms with Crippen molar-refractivity contribution < 1.29 is 0 Å². The van der Waals surface area contributed by atoms with Crippen LogP contribution in [0.15, 0.2) is 12.5 Å². The van der Waals surface area contributed by atoms with E-state index in [-0.39, 0.29) is 0 Å². The van der Waals surface area contributed by atoms with Crippen molar-refractivity contribution in [3.05, 3.63) is 18.2 Å². The number of hydrogen-bond acceptors (Lipinski definition) is 3. The number of hydrogen-bond donors (Lipinski definition) is 1. The van der Waals surface area contributed by atoms with Crippen molar-refractivity contribution in [2.75, 3.05) is 13.1 Å². The Morgan fingerprint density at radius 1 is 1.40 bits per heavy atom. The van der Waals surface area contributed by atoms with Crippen LogP contribution in [0.2, 0.25) is 0 Å². The smallest absolute Gasteiger partial charge is 0.0951 e. The lowest BCUT2D eigenvalue weighted by Gasteiger charge is -2.34. The summed E-state index contributed by atoms with van der Waals surface area (Å²) < 4.78 is 2.35. The zero-order chi connectivity index (χ0) is 14.5. The highest BCUT2D eigenvalue weighted by molar-refractivity contribution is 5.10. The quantitative estimate of drug-likeness (QED) is 0.706. The Labute approximate surface area is 123 Å². The molecule has 1 aliphatic carbocycles. The molecule has 0 saturated heterocycles. The molecule has 0 aromatic carbocycles. The van der Waals surface area contributed by atoms with Gasteiger partial charge >= 0.3 is 0 Å². The minimum atomic E-state index is 0.301. The molecule has 0 amide bonds. The average Bonchev–Trinajstić information content (AvgIpc) is 3.16. The number of unbranched alkanes of at least 4 members (excludes halogenated alkanes) is 2. The fourth-order valence-corrected chi connectivity index (χ4v) is 2.98. The first-order valence-corrected chi connectivity index (χ1v) is 8.16. The molecule has 2 rings (SSSR count). The summed E-state index contributed by atoms with van der Waals surface area (Å²) in [5.74, 6) is 0. The maximum Gasteiger partial charge on any atom is 0.0951 e. The van der Waals surface area contributed by atoms with Crippen LogP contribution < -0.4 is 5.73 Å². The Morgan fingerprint density at radius 3 is 2.70 bits per heavy atom. The molecule has 1 aromatic heterocycles. The van der Waals surface area contributed by atoms with Crippen LogP contribution in [-0.2, 0) is 0 Å². The van der Waals surface area contributed by atoms with Crippen molar-refractivity contribution in [2.24, 2.45) is 5.73 Å². The summed E-state index contributed by atoms with van der Waals surface area (Å²) in [4.78, 5) is 6.92. The topological polar surface area (TPSA) is 47.1 Å². The van der Waals surface area contributed by atoms with E-state index in [2.05, 4.69) is 35.2 Å². The number of rotatable bonds is 9. The summed E-state index contributed by atoms with van der Waals surface area (Å²) in [5.41, 5.74) is 7.42. The van der Waals surface area contributed by atoms with Crippen molar-refractivity contribution >= 4 is 0 Å². The van der Waals surface area contributed by atoms with Crippen LogP contribution in [0.25, 0.3) is 0 Å². The number of nitrogens with two attached hydrogens (primary N) is 1. The van der Waals surface area contributed by atoms with Crippen LogP contribution in [0.1, 0.15) is 70.7 Å². The van der Waals surface area contributed by atoms with Gasteiger partial charge in [-0.3, -0.25) is 4.90 Å². The first kappa shape index (κ1) is 15.5. The molecule has 0 spiro atoms. The molecule has 2 N–H and O–H groups in total. The molecule has 1 saturated carbocycles. The lowest BCUT2D eigenvalue weighted by molar-refractivity contribution is 0.148. The Bertz CT molecular complexity index is 395. The second kappa shape index (κ2) is 7.23. The summed E-state index contributed by atoms with van der Waals surface area (Å²) in [6.45, 7) is 8.59. The van der Waals surface area contributed by atoms with Gasteiger partial charge in [0, 0.05) is 24.8 Å². The molecule has 0 radical (unpaired) electrons. The van der Waals surface area contributed by atoms with E-state index in [1.54, 1.807) is 0 Å². The van der Waals surface area contributed by atoms with Gasteiger partial charge in [-0.2, -0.15) is 0 Å². The molecular formula is C16H30N4. The van der Waals surface area contributed by atoms with Gasteiger partial charge in [0.15, 0.2) is 0 Å². The van der Waals surface area contributed by atoms with Crippen LogP contribution >= 0.6 is 0 Å². The number of nitrogens with zero attached hydrogens (tertiary/aromatic N) is 3. The predicted octanol–water partition coefficient (Wildman–Crippen LogP) is 3.12. The number of imidazole rings is 1. The Morgan fingerprint density at radius 2 is 2.15 bits per heavy atom. The molecule has 1 atom stereocenters. The highest BCUT2D eigenvalue weighted by atomic mass is 15.2. The molecule has 1 unspecified atom stereocenters. The average molecular weight is 278 g/mol. The van der Waals surface area contributed by atoms with E-state index < -0.39 is 0 Å². The molecular weight excluding hydrogens is 248 g/mol. The molecule has 4 nitrogen and oxygen atoms in total. The van der Waals surface area contributed by atoms with Crippen molar-refractivity contribution in [3.63, 3.8) is 0 Å². The highest BCUT2D eigenvalue weighted by Crippen LogP contribution is 2.37. The predicted molar refractivity (Wildman–Crippen MR) is 83.7 cm³/mol. The normalized spacial score (nSPS) is 17.1. The lowest BCUT2D eigenvalue weighted by atomic mass is 10.1. The molecule has 0 bridgehead atoms. The zero-order valence-corrected chi connectivity index (χ0v) is 13.3. The molecule has 20 heavy (non-hydrogen) atoms. The number of aromatic nitrogens is 2. The van der Waals surface area contributed by atoms with E-state index in [0.717, 1.165) is 6.54 Å². The monoisotopic (exact) mass is 278 g/mol. The third-order valence-electron chi connectivity index (χ3n) is 4.28. The van der Waals surface area contributed by atoms with Crippen LogP contribution in [0.3, 0.4) is 0 Å². The van der Waals surface area contributed by atoms with Crippen LogP contribution in [-0.4, -0.2) is 33.6 Å². The molecule has 1 aromatic rings. The standard InChI is InChI=1S/C16H30N4/c1-4-5-6-9-19(13(2)3)15(10-17)16-11-18-12-20(16)14-7-8-14/h11-15H,4-10,17H2,1-3H3. The van der Waals surface area contributed by atoms with Gasteiger partial charge in [0.05, 0.1) is 18.1 Å². The van der Waals surface area contributed by atoms with E-state index in [9.17, 15) is 0 Å². The summed E-state index contributed by atoms with van der Waals surface area (Å²) in [6.07, 6.45) is 10.4. The Hall–Kier alpha value is -0.870. The molecule has 1 aliphatic rings. The van der Waals surface area contributed by atoms with Gasteiger partial charge in [-0.1, -0.05) is 19.8 Å². The second-order valence-corrected chi connectivity index (χ2v) is 6.25. The Balaban J connectivity index is 2.12. The summed E-state index contributed by atoms with van der Waals surface area (Å²) in [5, 5.41) is 0. The van der Waals surface area contributed by atoms with Crippen molar-refractivity contribution in [3.8, 4) is 0 Å². The molecule has 0 aliphatic heterocycles. The van der Waals surface area contributed by atoms with Gasteiger partial charge in [0.2, 0.25) is 0 Å². The highest BCUT2D eigenvalue weighted by Gasteiger charge is 2.30. The van der Waals surface area contributed by atoms with Crippen LogP contribution in [0.4, 0.5) is 0 Å².